The Hall–Kier alpha value is -2.65. The fourth-order valence-electron chi connectivity index (χ4n) is 4.64. The molecule has 2 aromatic rings. The molecule has 2 aliphatic rings. The van der Waals surface area contributed by atoms with Gasteiger partial charge in [-0.1, -0.05) is 6.07 Å². The Labute approximate surface area is 185 Å². The van der Waals surface area contributed by atoms with Crippen molar-refractivity contribution < 1.29 is 27.1 Å². The van der Waals surface area contributed by atoms with E-state index in [-0.39, 0.29) is 42.1 Å². The minimum atomic E-state index is -3.92. The van der Waals surface area contributed by atoms with Crippen molar-refractivity contribution in [1.82, 2.24) is 4.31 Å². The number of aliphatic imine (C=N–C) groups is 1. The summed E-state index contributed by atoms with van der Waals surface area (Å²) in [4.78, 5) is 15.9. The Morgan fingerprint density at radius 3 is 2.66 bits per heavy atom. The van der Waals surface area contributed by atoms with Gasteiger partial charge in [-0.3, -0.25) is 9.79 Å². The van der Waals surface area contributed by atoms with Crippen molar-refractivity contribution in [2.75, 3.05) is 19.6 Å². The summed E-state index contributed by atoms with van der Waals surface area (Å²) in [6.45, 7) is 0.793. The monoisotopic (exact) mass is 462 g/mol. The quantitative estimate of drug-likeness (QED) is 0.712. The zero-order valence-corrected chi connectivity index (χ0v) is 18.2. The maximum absolute atomic E-state index is 13.7. The van der Waals surface area contributed by atoms with E-state index in [4.69, 9.17) is 0 Å². The van der Waals surface area contributed by atoms with Gasteiger partial charge in [-0.25, -0.2) is 17.2 Å². The Morgan fingerprint density at radius 2 is 1.91 bits per heavy atom. The van der Waals surface area contributed by atoms with Crippen molar-refractivity contribution in [2.45, 2.75) is 30.6 Å². The molecule has 0 aliphatic carbocycles. The maximum Gasteiger partial charge on any atom is 0.303 e. The van der Waals surface area contributed by atoms with Crippen LogP contribution in [0.2, 0.25) is 0 Å². The van der Waals surface area contributed by atoms with Gasteiger partial charge < -0.3 is 5.11 Å². The van der Waals surface area contributed by atoms with E-state index in [0.717, 1.165) is 22.9 Å². The zero-order valence-electron chi connectivity index (χ0n) is 17.4. The molecule has 2 aliphatic heterocycles. The first kappa shape index (κ1) is 22.5. The first-order valence-corrected chi connectivity index (χ1v) is 12.0. The molecule has 2 aromatic carbocycles. The van der Waals surface area contributed by atoms with E-state index in [2.05, 4.69) is 4.99 Å². The van der Waals surface area contributed by atoms with Crippen LogP contribution in [0.5, 0.6) is 0 Å². The van der Waals surface area contributed by atoms with Crippen LogP contribution in [0.3, 0.4) is 0 Å². The van der Waals surface area contributed by atoms with Crippen LogP contribution < -0.4 is 0 Å². The Bertz CT molecular complexity index is 1170. The van der Waals surface area contributed by atoms with Gasteiger partial charge >= 0.3 is 5.97 Å². The number of benzene rings is 2. The van der Waals surface area contributed by atoms with E-state index in [9.17, 15) is 27.1 Å². The van der Waals surface area contributed by atoms with E-state index >= 15 is 0 Å². The Kier molecular flexibility index (Phi) is 6.39. The van der Waals surface area contributed by atoms with Gasteiger partial charge in [-0.2, -0.15) is 4.31 Å². The zero-order chi connectivity index (χ0) is 22.9. The minimum Gasteiger partial charge on any atom is -0.481 e. The highest BCUT2D eigenvalue weighted by molar-refractivity contribution is 7.89. The molecule has 0 radical (unpaired) electrons. The Morgan fingerprint density at radius 1 is 1.12 bits per heavy atom. The van der Waals surface area contributed by atoms with Crippen LogP contribution in [0.1, 0.15) is 30.4 Å². The molecule has 0 bridgehead atoms. The van der Waals surface area contributed by atoms with Crippen LogP contribution >= 0.6 is 0 Å². The summed E-state index contributed by atoms with van der Waals surface area (Å²) in [5, 5.41) is 9.37. The molecule has 0 aromatic heterocycles. The summed E-state index contributed by atoms with van der Waals surface area (Å²) in [6, 6.07) is 9.41. The second-order valence-corrected chi connectivity index (χ2v) is 10.2. The van der Waals surface area contributed by atoms with Gasteiger partial charge in [0.05, 0.1) is 4.90 Å². The molecule has 170 valence electrons. The first-order valence-electron chi connectivity index (χ1n) is 10.5. The van der Waals surface area contributed by atoms with Gasteiger partial charge in [0.15, 0.2) is 0 Å². The van der Waals surface area contributed by atoms with Gasteiger partial charge in [0, 0.05) is 31.8 Å². The van der Waals surface area contributed by atoms with Crippen molar-refractivity contribution in [3.8, 4) is 0 Å². The van der Waals surface area contributed by atoms with Gasteiger partial charge in [-0.15, -0.1) is 0 Å². The van der Waals surface area contributed by atoms with Gasteiger partial charge in [0.2, 0.25) is 10.0 Å². The molecule has 9 heteroatoms. The summed E-state index contributed by atoms with van der Waals surface area (Å²) in [7, 11) is -3.92. The van der Waals surface area contributed by atoms with Crippen molar-refractivity contribution in [3.05, 3.63) is 65.2 Å². The predicted octanol–water partition coefficient (Wildman–Crippen LogP) is 3.50. The smallest absolute Gasteiger partial charge is 0.303 e. The van der Waals surface area contributed by atoms with Crippen molar-refractivity contribution >= 4 is 21.7 Å². The van der Waals surface area contributed by atoms with E-state index in [0.29, 0.717) is 25.8 Å². The van der Waals surface area contributed by atoms with Crippen LogP contribution in [0.15, 0.2) is 52.4 Å². The number of sulfonamides is 1. The molecule has 0 amide bonds. The van der Waals surface area contributed by atoms with Gasteiger partial charge in [0.1, 0.15) is 11.6 Å². The molecule has 4 rings (SSSR count). The SMILES string of the molecule is O=C(O)CC1CCN(S(=O)(=O)c2cccc(F)c2)CC1CC1=NCCc2cc(F)ccc21. The van der Waals surface area contributed by atoms with Crippen LogP contribution in [-0.2, 0) is 21.2 Å². The van der Waals surface area contributed by atoms with Crippen LogP contribution in [0, 0.1) is 23.5 Å². The number of halogens is 2. The first-order chi connectivity index (χ1) is 15.2. The lowest BCUT2D eigenvalue weighted by atomic mass is 9.79. The number of piperidine rings is 1. The lowest BCUT2D eigenvalue weighted by Gasteiger charge is -2.38. The summed E-state index contributed by atoms with van der Waals surface area (Å²) in [5.41, 5.74) is 2.43. The second kappa shape index (κ2) is 9.07. The number of carbonyl (C=O) groups is 1. The number of fused-ring (bicyclic) bond motifs is 1. The fourth-order valence-corrected chi connectivity index (χ4v) is 6.18. The van der Waals surface area contributed by atoms with Crippen molar-refractivity contribution in [3.63, 3.8) is 0 Å². The van der Waals surface area contributed by atoms with E-state index in [1.165, 1.54) is 34.6 Å². The van der Waals surface area contributed by atoms with Gasteiger partial charge in [-0.05, 0) is 78.6 Å². The highest BCUT2D eigenvalue weighted by Gasteiger charge is 2.37. The highest BCUT2D eigenvalue weighted by atomic mass is 32.2. The number of carboxylic acid groups (broad SMARTS) is 1. The number of carboxylic acids is 1. The van der Waals surface area contributed by atoms with E-state index < -0.39 is 21.8 Å². The fraction of sp³-hybridized carbons (Fsp3) is 0.391. The molecule has 2 atom stereocenters. The third-order valence-electron chi connectivity index (χ3n) is 6.24. The molecule has 32 heavy (non-hydrogen) atoms. The summed E-state index contributed by atoms with van der Waals surface area (Å²) in [5.74, 6) is -2.39. The molecular weight excluding hydrogens is 438 g/mol. The summed E-state index contributed by atoms with van der Waals surface area (Å²) in [6.07, 6.45) is 1.34. The summed E-state index contributed by atoms with van der Waals surface area (Å²) < 4.78 is 54.8. The molecule has 0 spiro atoms. The number of rotatable bonds is 6. The molecule has 6 nitrogen and oxygen atoms in total. The summed E-state index contributed by atoms with van der Waals surface area (Å²) >= 11 is 0. The lowest BCUT2D eigenvalue weighted by molar-refractivity contribution is -0.138. The number of aliphatic carboxylic acids is 1. The van der Waals surface area contributed by atoms with Crippen LogP contribution in [0.25, 0.3) is 0 Å². The van der Waals surface area contributed by atoms with Crippen LogP contribution in [-0.4, -0.2) is 49.1 Å². The molecular formula is C23H24F2N2O4S. The number of nitrogens with zero attached hydrogens (tertiary/aromatic N) is 2. The lowest BCUT2D eigenvalue weighted by Crippen LogP contribution is -2.45. The minimum absolute atomic E-state index is 0.0674. The topological polar surface area (TPSA) is 87.0 Å². The average molecular weight is 463 g/mol. The normalized spacial score (nSPS) is 21.6. The average Bonchev–Trinajstić information content (AvgIpc) is 2.74. The molecule has 2 unspecified atom stereocenters. The third-order valence-corrected chi connectivity index (χ3v) is 8.10. The molecule has 1 saturated heterocycles. The molecule has 0 saturated carbocycles. The largest absolute Gasteiger partial charge is 0.481 e. The standard InChI is InChI=1S/C23H24F2N2O4S/c24-18-2-1-3-20(13-18)32(30,31)27-9-7-15(12-23(28)29)17(14-27)11-22-21-5-4-19(25)10-16(21)6-8-26-22/h1-5,10,13,15,17H,6-9,11-12,14H2,(H,28,29). The van der Waals surface area contributed by atoms with E-state index in [1.54, 1.807) is 6.07 Å². The number of hydrogen-bond acceptors (Lipinski definition) is 4. The van der Waals surface area contributed by atoms with E-state index in [1.807, 2.05) is 0 Å². The second-order valence-electron chi connectivity index (χ2n) is 8.31. The highest BCUT2D eigenvalue weighted by Crippen LogP contribution is 2.34. The third kappa shape index (κ3) is 4.73. The molecule has 1 N–H and O–H groups in total. The van der Waals surface area contributed by atoms with Crippen molar-refractivity contribution in [2.24, 2.45) is 16.8 Å². The number of hydrogen-bond donors (Lipinski definition) is 1. The molecule has 1 fully saturated rings. The maximum atomic E-state index is 13.7. The van der Waals surface area contributed by atoms with Crippen molar-refractivity contribution in [1.29, 1.82) is 0 Å². The van der Waals surface area contributed by atoms with Gasteiger partial charge in [0.25, 0.3) is 0 Å². The van der Waals surface area contributed by atoms with Crippen LogP contribution in [0.4, 0.5) is 8.78 Å². The molecule has 2 heterocycles. The predicted molar refractivity (Wildman–Crippen MR) is 115 cm³/mol. The Balaban J connectivity index is 1.61.